The Kier molecular flexibility index (Phi) is 8.23. The summed E-state index contributed by atoms with van der Waals surface area (Å²) in [7, 11) is -1.45. The van der Waals surface area contributed by atoms with Crippen molar-refractivity contribution < 1.29 is 8.42 Å². The van der Waals surface area contributed by atoms with E-state index < -0.39 is 14.6 Å². The molecule has 1 aliphatic rings. The number of sulfone groups is 1. The molecule has 1 aromatic carbocycles. The summed E-state index contributed by atoms with van der Waals surface area (Å²) < 4.78 is 23.6. The molecule has 2 rings (SSSR count). The fourth-order valence-electron chi connectivity index (χ4n) is 2.62. The Labute approximate surface area is 179 Å². The van der Waals surface area contributed by atoms with Crippen LogP contribution in [0.4, 0.5) is 0 Å². The van der Waals surface area contributed by atoms with Crippen LogP contribution in [0, 0.1) is 0 Å². The van der Waals surface area contributed by atoms with Gasteiger partial charge in [0.25, 0.3) is 0 Å². The fraction of sp³-hybridized carbons (Fsp3) is 0.611. The predicted octanol–water partition coefficient (Wildman–Crippen LogP) is 3.37. The van der Waals surface area contributed by atoms with Gasteiger partial charge in [-0.25, -0.2) is 8.42 Å². The van der Waals surface area contributed by atoms with E-state index in [2.05, 4.69) is 21.7 Å². The molecule has 148 valence electrons. The van der Waals surface area contributed by atoms with Crippen LogP contribution >= 0.6 is 35.6 Å². The first kappa shape index (κ1) is 23.5. The summed E-state index contributed by atoms with van der Waals surface area (Å²) in [5.74, 6) is 0.703. The van der Waals surface area contributed by atoms with Crippen molar-refractivity contribution in [2.75, 3.05) is 25.9 Å². The Bertz CT molecular complexity index is 741. The quantitative estimate of drug-likeness (QED) is 0.348. The van der Waals surface area contributed by atoms with Crippen LogP contribution in [0.2, 0.25) is 5.02 Å². The normalized spacial score (nSPS) is 16.6. The molecule has 0 radical (unpaired) electrons. The van der Waals surface area contributed by atoms with Crippen molar-refractivity contribution in [1.29, 1.82) is 0 Å². The molecule has 0 aromatic heterocycles. The number of nitrogens with one attached hydrogen (secondary N) is 2. The maximum Gasteiger partial charge on any atom is 0.191 e. The summed E-state index contributed by atoms with van der Waals surface area (Å²) in [5.41, 5.74) is 1.33. The third-order valence-corrected chi connectivity index (χ3v) is 7.55. The van der Waals surface area contributed by atoms with Crippen LogP contribution in [0.5, 0.6) is 0 Å². The Morgan fingerprint density at radius 1 is 1.27 bits per heavy atom. The zero-order valence-electron chi connectivity index (χ0n) is 15.8. The van der Waals surface area contributed by atoms with E-state index in [1.807, 2.05) is 18.2 Å². The number of hydrogen-bond acceptors (Lipinski definition) is 3. The second-order valence-corrected chi connectivity index (χ2v) is 10.9. The Hall–Kier alpha value is -0.540. The van der Waals surface area contributed by atoms with Crippen molar-refractivity contribution >= 4 is 51.4 Å². The molecule has 0 spiro atoms. The highest BCUT2D eigenvalue weighted by Gasteiger charge is 2.44. The average Bonchev–Trinajstić information content (AvgIpc) is 3.30. The van der Waals surface area contributed by atoms with Crippen molar-refractivity contribution in [3.8, 4) is 0 Å². The zero-order chi connectivity index (χ0) is 18.7. The summed E-state index contributed by atoms with van der Waals surface area (Å²) in [6, 6.07) is 7.97. The SMILES string of the molecule is CN=C(NCCS(=O)(=O)C(C)(C)C)NCC1(c2cccc(Cl)c2)CC1.I. The van der Waals surface area contributed by atoms with E-state index in [1.54, 1.807) is 27.8 Å². The van der Waals surface area contributed by atoms with Gasteiger partial charge in [0, 0.05) is 30.6 Å². The molecule has 0 atom stereocenters. The van der Waals surface area contributed by atoms with E-state index in [9.17, 15) is 8.42 Å². The number of hydrogen-bond donors (Lipinski definition) is 2. The van der Waals surface area contributed by atoms with Crippen LogP contribution in [0.15, 0.2) is 29.3 Å². The summed E-state index contributed by atoms with van der Waals surface area (Å²) >= 11 is 6.10. The molecule has 2 N–H and O–H groups in total. The molecule has 5 nitrogen and oxygen atoms in total. The molecule has 0 heterocycles. The van der Waals surface area contributed by atoms with Gasteiger partial charge in [-0.2, -0.15) is 0 Å². The van der Waals surface area contributed by atoms with Crippen LogP contribution < -0.4 is 10.6 Å². The van der Waals surface area contributed by atoms with Gasteiger partial charge in [0.2, 0.25) is 0 Å². The lowest BCUT2D eigenvalue weighted by atomic mass is 9.96. The Morgan fingerprint density at radius 3 is 2.42 bits per heavy atom. The average molecular weight is 514 g/mol. The summed E-state index contributed by atoms with van der Waals surface area (Å²) in [6.07, 6.45) is 2.21. The van der Waals surface area contributed by atoms with Crippen LogP contribution in [-0.2, 0) is 15.3 Å². The number of aliphatic imine (C=N–C) groups is 1. The third kappa shape index (κ3) is 5.99. The smallest absolute Gasteiger partial charge is 0.191 e. The second-order valence-electron chi connectivity index (χ2n) is 7.57. The first-order chi connectivity index (χ1) is 11.6. The maximum absolute atomic E-state index is 12.2. The van der Waals surface area contributed by atoms with E-state index in [0.717, 1.165) is 24.4 Å². The molecular weight excluding hydrogens is 485 g/mol. The van der Waals surface area contributed by atoms with Crippen molar-refractivity contribution in [3.05, 3.63) is 34.9 Å². The molecule has 1 fully saturated rings. The molecule has 0 amide bonds. The molecule has 0 bridgehead atoms. The number of nitrogens with zero attached hydrogens (tertiary/aromatic N) is 1. The van der Waals surface area contributed by atoms with E-state index in [0.29, 0.717) is 12.5 Å². The van der Waals surface area contributed by atoms with Gasteiger partial charge in [0.05, 0.1) is 10.5 Å². The lowest BCUT2D eigenvalue weighted by Gasteiger charge is -2.21. The lowest BCUT2D eigenvalue weighted by molar-refractivity contribution is 0.558. The Morgan fingerprint density at radius 2 is 1.92 bits per heavy atom. The van der Waals surface area contributed by atoms with Crippen molar-refractivity contribution in [2.45, 2.75) is 43.8 Å². The molecule has 26 heavy (non-hydrogen) atoms. The van der Waals surface area contributed by atoms with Gasteiger partial charge in [-0.15, -0.1) is 24.0 Å². The highest BCUT2D eigenvalue weighted by atomic mass is 127. The van der Waals surface area contributed by atoms with E-state index in [-0.39, 0.29) is 35.1 Å². The molecule has 8 heteroatoms. The van der Waals surface area contributed by atoms with Gasteiger partial charge >= 0.3 is 0 Å². The molecule has 1 aliphatic carbocycles. The topological polar surface area (TPSA) is 70.6 Å². The van der Waals surface area contributed by atoms with E-state index in [4.69, 9.17) is 11.6 Å². The maximum atomic E-state index is 12.2. The minimum absolute atomic E-state index is 0. The van der Waals surface area contributed by atoms with Gasteiger partial charge in [0.1, 0.15) is 0 Å². The van der Waals surface area contributed by atoms with Crippen LogP contribution in [-0.4, -0.2) is 45.0 Å². The van der Waals surface area contributed by atoms with Crippen molar-refractivity contribution in [1.82, 2.24) is 10.6 Å². The molecular formula is C18H29ClIN3O2S. The second kappa shape index (κ2) is 9.10. The standard InChI is InChI=1S/C18H28ClN3O2S.HI/c1-17(2,3)25(23,24)11-10-21-16(20-4)22-13-18(8-9-18)14-6-5-7-15(19)12-14;/h5-7,12H,8-11,13H2,1-4H3,(H2,20,21,22);1H. The molecule has 1 saturated carbocycles. The number of rotatable bonds is 6. The highest BCUT2D eigenvalue weighted by molar-refractivity contribution is 14.0. The molecule has 0 saturated heterocycles. The van der Waals surface area contributed by atoms with Gasteiger partial charge in [-0.05, 0) is 51.3 Å². The zero-order valence-corrected chi connectivity index (χ0v) is 19.7. The summed E-state index contributed by atoms with van der Waals surface area (Å²) in [5, 5.41) is 7.16. The van der Waals surface area contributed by atoms with E-state index >= 15 is 0 Å². The van der Waals surface area contributed by atoms with Crippen LogP contribution in [0.3, 0.4) is 0 Å². The van der Waals surface area contributed by atoms with Gasteiger partial charge in [-0.1, -0.05) is 23.7 Å². The van der Waals surface area contributed by atoms with E-state index in [1.165, 1.54) is 5.56 Å². The monoisotopic (exact) mass is 513 g/mol. The lowest BCUT2D eigenvalue weighted by Crippen LogP contribution is -2.44. The summed E-state index contributed by atoms with van der Waals surface area (Å²) in [6.45, 7) is 6.24. The number of benzene rings is 1. The molecule has 1 aromatic rings. The minimum atomic E-state index is -3.14. The van der Waals surface area contributed by atoms with Crippen LogP contribution in [0.25, 0.3) is 0 Å². The first-order valence-corrected chi connectivity index (χ1v) is 10.6. The third-order valence-electron chi connectivity index (χ3n) is 4.70. The minimum Gasteiger partial charge on any atom is -0.356 e. The molecule has 0 unspecified atom stereocenters. The largest absolute Gasteiger partial charge is 0.356 e. The van der Waals surface area contributed by atoms with Gasteiger partial charge in [0.15, 0.2) is 15.8 Å². The van der Waals surface area contributed by atoms with Crippen LogP contribution in [0.1, 0.15) is 39.2 Å². The highest BCUT2D eigenvalue weighted by Crippen LogP contribution is 2.48. The van der Waals surface area contributed by atoms with Crippen molar-refractivity contribution in [3.63, 3.8) is 0 Å². The Balaban J connectivity index is 0.00000338. The van der Waals surface area contributed by atoms with Crippen molar-refractivity contribution in [2.24, 2.45) is 4.99 Å². The number of guanidine groups is 1. The van der Waals surface area contributed by atoms with Gasteiger partial charge in [-0.3, -0.25) is 4.99 Å². The molecule has 0 aliphatic heterocycles. The summed E-state index contributed by atoms with van der Waals surface area (Å²) in [4.78, 5) is 4.19. The fourth-order valence-corrected chi connectivity index (χ4v) is 3.79. The first-order valence-electron chi connectivity index (χ1n) is 8.53. The predicted molar refractivity (Wildman–Crippen MR) is 121 cm³/mol. The number of halogens is 2. The van der Waals surface area contributed by atoms with Gasteiger partial charge < -0.3 is 10.6 Å².